The monoisotopic (exact) mass is 320 g/mol. The van der Waals surface area contributed by atoms with E-state index in [1.807, 2.05) is 9.34 Å². The number of halogens is 1. The number of nitrogens with zero attached hydrogens (tertiary/aromatic N) is 2. The van der Waals surface area contributed by atoms with Crippen LogP contribution in [0.4, 0.5) is 4.20 Å². The zero-order valence-corrected chi connectivity index (χ0v) is 15.5. The normalized spacial score (nSPS) is 31.8. The van der Waals surface area contributed by atoms with E-state index < -0.39 is 7.44 Å². The van der Waals surface area contributed by atoms with Gasteiger partial charge >= 0.3 is 130 Å². The van der Waals surface area contributed by atoms with Gasteiger partial charge < -0.3 is 0 Å². The van der Waals surface area contributed by atoms with Crippen LogP contribution in [0, 0.1) is 0 Å². The second-order valence-corrected chi connectivity index (χ2v) is 10.5. The summed E-state index contributed by atoms with van der Waals surface area (Å²) in [6.45, 7) is 13.3. The third-order valence-corrected chi connectivity index (χ3v) is 11.6. The predicted octanol–water partition coefficient (Wildman–Crippen LogP) is 4.97. The predicted molar refractivity (Wildman–Crippen MR) is 90.2 cm³/mol. The van der Waals surface area contributed by atoms with Gasteiger partial charge in [0.15, 0.2) is 0 Å². The molecule has 0 N–H and O–H groups in total. The molecule has 1 atom stereocenters. The maximum atomic E-state index is 16.8. The van der Waals surface area contributed by atoms with Crippen LogP contribution in [0.15, 0.2) is 0 Å². The van der Waals surface area contributed by atoms with Crippen molar-refractivity contribution >= 4 is 7.44 Å². The molecule has 1 saturated heterocycles. The third-order valence-electron chi connectivity index (χ3n) is 5.95. The van der Waals surface area contributed by atoms with Gasteiger partial charge in [-0.05, 0) is 0 Å². The van der Waals surface area contributed by atoms with Crippen molar-refractivity contribution in [1.82, 2.24) is 9.34 Å². The standard InChI is InChI=1S/C16H34FN2OP/c1-6-18(7-2)21(17,19(8-3)9-4)15(5)16(20-21)13-11-10-12-14-16/h15H,6-14H2,1-5H3. The molecule has 1 aliphatic heterocycles. The van der Waals surface area contributed by atoms with Gasteiger partial charge in [0, 0.05) is 0 Å². The van der Waals surface area contributed by atoms with Crippen molar-refractivity contribution in [3.8, 4) is 0 Å². The van der Waals surface area contributed by atoms with Crippen molar-refractivity contribution in [2.24, 2.45) is 0 Å². The molecular formula is C16H34FN2OP. The second kappa shape index (κ2) is 6.03. The van der Waals surface area contributed by atoms with E-state index in [1.54, 1.807) is 0 Å². The molecule has 2 aliphatic rings. The summed E-state index contributed by atoms with van der Waals surface area (Å²) in [4.78, 5) is 0. The van der Waals surface area contributed by atoms with Gasteiger partial charge in [-0.15, -0.1) is 0 Å². The van der Waals surface area contributed by atoms with Crippen LogP contribution < -0.4 is 0 Å². The van der Waals surface area contributed by atoms with Crippen LogP contribution in [-0.4, -0.2) is 46.8 Å². The average molecular weight is 320 g/mol. The van der Waals surface area contributed by atoms with Gasteiger partial charge in [0.2, 0.25) is 0 Å². The fraction of sp³-hybridized carbons (Fsp3) is 1.00. The van der Waals surface area contributed by atoms with Crippen molar-refractivity contribution in [2.75, 3.05) is 26.2 Å². The van der Waals surface area contributed by atoms with Crippen LogP contribution in [0.5, 0.6) is 0 Å². The summed E-state index contributed by atoms with van der Waals surface area (Å²) in [7, 11) is -3.89. The summed E-state index contributed by atoms with van der Waals surface area (Å²) >= 11 is 0. The molecule has 0 aromatic heterocycles. The molecule has 0 bridgehead atoms. The molecule has 2 rings (SSSR count). The van der Waals surface area contributed by atoms with Gasteiger partial charge in [0.1, 0.15) is 0 Å². The first-order chi connectivity index (χ1) is 9.93. The van der Waals surface area contributed by atoms with Crippen molar-refractivity contribution in [2.45, 2.75) is 78.0 Å². The first-order valence-electron chi connectivity index (χ1n) is 8.88. The van der Waals surface area contributed by atoms with Crippen molar-refractivity contribution in [3.63, 3.8) is 0 Å². The van der Waals surface area contributed by atoms with E-state index in [4.69, 9.17) is 4.52 Å². The summed E-state index contributed by atoms with van der Waals surface area (Å²) in [6, 6.07) is 0. The van der Waals surface area contributed by atoms with Crippen LogP contribution in [0.25, 0.3) is 0 Å². The van der Waals surface area contributed by atoms with Crippen molar-refractivity contribution in [1.29, 1.82) is 0 Å². The Bertz CT molecular complexity index is 353. The Hall–Kier alpha value is 0.240. The number of rotatable bonds is 6. The summed E-state index contributed by atoms with van der Waals surface area (Å²) < 4.78 is 27.3. The van der Waals surface area contributed by atoms with Crippen LogP contribution in [0.2, 0.25) is 0 Å². The van der Waals surface area contributed by atoms with E-state index in [9.17, 15) is 0 Å². The van der Waals surface area contributed by atoms with Gasteiger partial charge in [0.05, 0.1) is 0 Å². The van der Waals surface area contributed by atoms with E-state index >= 15 is 4.20 Å². The maximum absolute atomic E-state index is 16.8. The SMILES string of the molecule is CCN(CC)P1(F)(N(CC)CC)OC2(CCCCC2)C1C. The zero-order valence-electron chi connectivity index (χ0n) is 14.6. The Morgan fingerprint density at radius 3 is 1.71 bits per heavy atom. The Balaban J connectivity index is 2.40. The molecule has 0 amide bonds. The van der Waals surface area contributed by atoms with Crippen LogP contribution in [0.1, 0.15) is 66.7 Å². The quantitative estimate of drug-likeness (QED) is 0.642. The zero-order chi connectivity index (χ0) is 15.8. The molecule has 126 valence electrons. The van der Waals surface area contributed by atoms with Crippen molar-refractivity contribution in [3.05, 3.63) is 0 Å². The molecule has 0 aromatic carbocycles. The molecule has 1 unspecified atom stereocenters. The Labute approximate surface area is 130 Å². The van der Waals surface area contributed by atoms with Gasteiger partial charge in [-0.2, -0.15) is 0 Å². The molecule has 1 saturated carbocycles. The molecule has 2 fully saturated rings. The van der Waals surface area contributed by atoms with Gasteiger partial charge in [-0.25, -0.2) is 0 Å². The molecule has 1 aliphatic carbocycles. The number of hydrogen-bond donors (Lipinski definition) is 0. The van der Waals surface area contributed by atoms with Gasteiger partial charge in [-0.1, -0.05) is 0 Å². The van der Waals surface area contributed by atoms with Gasteiger partial charge in [0.25, 0.3) is 0 Å². The molecule has 0 aromatic rings. The summed E-state index contributed by atoms with van der Waals surface area (Å²) in [5.74, 6) is 0. The summed E-state index contributed by atoms with van der Waals surface area (Å²) in [5, 5.41) is 0. The van der Waals surface area contributed by atoms with Gasteiger partial charge in [-0.3, -0.25) is 0 Å². The topological polar surface area (TPSA) is 15.7 Å². The summed E-state index contributed by atoms with van der Waals surface area (Å²) in [5.41, 5.74) is -0.167. The molecule has 1 heterocycles. The molecule has 5 heteroatoms. The molecule has 1 spiro atoms. The van der Waals surface area contributed by atoms with E-state index in [0.29, 0.717) is 0 Å². The van der Waals surface area contributed by atoms with Crippen LogP contribution >= 0.6 is 7.44 Å². The van der Waals surface area contributed by atoms with E-state index in [2.05, 4.69) is 34.6 Å². The second-order valence-electron chi connectivity index (χ2n) is 6.58. The van der Waals surface area contributed by atoms with E-state index in [1.165, 1.54) is 19.3 Å². The molecule has 21 heavy (non-hydrogen) atoms. The molecule has 0 radical (unpaired) electrons. The molecule has 3 nitrogen and oxygen atoms in total. The fourth-order valence-electron chi connectivity index (χ4n) is 4.75. The Kier molecular flexibility index (Phi) is 5.05. The Morgan fingerprint density at radius 1 is 0.952 bits per heavy atom. The first-order valence-corrected chi connectivity index (χ1v) is 10.9. The van der Waals surface area contributed by atoms with Crippen molar-refractivity contribution < 1.29 is 8.72 Å². The number of hydrogen-bond acceptors (Lipinski definition) is 3. The van der Waals surface area contributed by atoms with E-state index in [0.717, 1.165) is 39.0 Å². The van der Waals surface area contributed by atoms with Crippen LogP contribution in [-0.2, 0) is 4.52 Å². The first kappa shape index (κ1) is 17.6. The van der Waals surface area contributed by atoms with Crippen LogP contribution in [0.3, 0.4) is 0 Å². The average Bonchev–Trinajstić information content (AvgIpc) is 2.50. The summed E-state index contributed by atoms with van der Waals surface area (Å²) in [6.07, 6.45) is 5.73. The fourth-order valence-corrected chi connectivity index (χ4v) is 10.5. The minimum absolute atomic E-state index is 0.0172. The van der Waals surface area contributed by atoms with E-state index in [-0.39, 0.29) is 11.3 Å². The molecular weight excluding hydrogens is 286 g/mol. The Morgan fingerprint density at radius 2 is 1.38 bits per heavy atom. The minimum atomic E-state index is -3.89. The third kappa shape index (κ3) is 2.21.